The van der Waals surface area contributed by atoms with Crippen molar-refractivity contribution in [3.05, 3.63) is 63.5 Å². The van der Waals surface area contributed by atoms with E-state index < -0.39 is 0 Å². The van der Waals surface area contributed by atoms with Gasteiger partial charge in [0, 0.05) is 14.8 Å². The predicted molar refractivity (Wildman–Crippen MR) is 89.8 cm³/mol. The highest BCUT2D eigenvalue weighted by atomic mass is 127. The highest BCUT2D eigenvalue weighted by Gasteiger charge is 2.00. The molecule has 0 heterocycles. The molecule has 0 bridgehead atoms. The Bertz CT molecular complexity index is 644. The molecule has 0 unspecified atom stereocenters. The predicted octanol–water partition coefficient (Wildman–Crippen LogP) is 2.99. The van der Waals surface area contributed by atoms with Gasteiger partial charge in [-0.25, -0.2) is 9.82 Å². The number of rotatable bonds is 5. The summed E-state index contributed by atoms with van der Waals surface area (Å²) in [7, 11) is 0. The van der Waals surface area contributed by atoms with Gasteiger partial charge in [-0.2, -0.15) is 5.10 Å². The van der Waals surface area contributed by atoms with E-state index in [4.69, 9.17) is 0 Å². The maximum atomic E-state index is 12.7. The molecule has 0 radical (unpaired) electrons. The molecule has 0 spiro atoms. The third-order valence-corrected chi connectivity index (χ3v) is 3.58. The molecule has 0 aromatic heterocycles. The van der Waals surface area contributed by atoms with Gasteiger partial charge in [-0.1, -0.05) is 18.2 Å². The van der Waals surface area contributed by atoms with E-state index in [2.05, 4.69) is 38.4 Å². The second kappa shape index (κ2) is 7.72. The number of carbonyl (C=O) groups is 1. The van der Waals surface area contributed by atoms with Gasteiger partial charge in [-0.15, -0.1) is 0 Å². The van der Waals surface area contributed by atoms with Gasteiger partial charge < -0.3 is 5.32 Å². The standard InChI is InChI=1S/C15H13FIN3O/c16-12-5-7-13(8-6-12)18-10-15(21)20-19-9-11-3-1-2-4-14(11)17/h1-9,18H,10H2,(H,20,21)/b19-9-. The summed E-state index contributed by atoms with van der Waals surface area (Å²) >= 11 is 2.20. The maximum absolute atomic E-state index is 12.7. The van der Waals surface area contributed by atoms with Gasteiger partial charge in [0.05, 0.1) is 12.8 Å². The van der Waals surface area contributed by atoms with Crippen molar-refractivity contribution < 1.29 is 9.18 Å². The van der Waals surface area contributed by atoms with Crippen LogP contribution in [0.2, 0.25) is 0 Å². The minimum Gasteiger partial charge on any atom is -0.376 e. The van der Waals surface area contributed by atoms with Crippen LogP contribution in [0.4, 0.5) is 10.1 Å². The third kappa shape index (κ3) is 5.14. The number of carbonyl (C=O) groups excluding carboxylic acids is 1. The minimum atomic E-state index is -0.313. The van der Waals surface area contributed by atoms with Crippen LogP contribution in [0.1, 0.15) is 5.56 Å². The fourth-order valence-electron chi connectivity index (χ4n) is 1.54. The molecular formula is C15H13FIN3O. The van der Waals surface area contributed by atoms with Crippen molar-refractivity contribution in [2.75, 3.05) is 11.9 Å². The van der Waals surface area contributed by atoms with E-state index in [9.17, 15) is 9.18 Å². The summed E-state index contributed by atoms with van der Waals surface area (Å²) in [5, 5.41) is 6.78. The van der Waals surface area contributed by atoms with Crippen LogP contribution in [-0.2, 0) is 4.79 Å². The Morgan fingerprint density at radius 3 is 2.62 bits per heavy atom. The number of nitrogens with one attached hydrogen (secondary N) is 2. The summed E-state index contributed by atoms with van der Waals surface area (Å²) in [5.41, 5.74) is 4.04. The Labute approximate surface area is 135 Å². The quantitative estimate of drug-likeness (QED) is 0.463. The third-order valence-electron chi connectivity index (χ3n) is 2.60. The number of hydrogen-bond donors (Lipinski definition) is 2. The van der Waals surface area contributed by atoms with E-state index in [0.29, 0.717) is 5.69 Å². The topological polar surface area (TPSA) is 53.5 Å². The summed E-state index contributed by atoms with van der Waals surface area (Å²) in [4.78, 5) is 11.6. The molecule has 21 heavy (non-hydrogen) atoms. The van der Waals surface area contributed by atoms with E-state index in [1.165, 1.54) is 12.1 Å². The number of benzene rings is 2. The molecule has 0 atom stereocenters. The number of hydrazone groups is 1. The molecule has 2 N–H and O–H groups in total. The van der Waals surface area contributed by atoms with Crippen LogP contribution in [0.5, 0.6) is 0 Å². The van der Waals surface area contributed by atoms with Gasteiger partial charge >= 0.3 is 0 Å². The SMILES string of the molecule is O=C(CNc1ccc(F)cc1)N/N=C\c1ccccc1I. The van der Waals surface area contributed by atoms with Gasteiger partial charge in [0.15, 0.2) is 0 Å². The molecule has 108 valence electrons. The van der Waals surface area contributed by atoms with Gasteiger partial charge in [-0.05, 0) is 52.9 Å². The monoisotopic (exact) mass is 397 g/mol. The Balaban J connectivity index is 1.80. The van der Waals surface area contributed by atoms with Crippen LogP contribution in [-0.4, -0.2) is 18.7 Å². The number of halogens is 2. The largest absolute Gasteiger partial charge is 0.376 e. The molecule has 0 saturated carbocycles. The normalized spacial score (nSPS) is 10.6. The molecule has 2 aromatic carbocycles. The first kappa shape index (κ1) is 15.4. The zero-order chi connectivity index (χ0) is 15.1. The molecule has 6 heteroatoms. The van der Waals surface area contributed by atoms with Crippen molar-refractivity contribution in [1.29, 1.82) is 0 Å². The number of hydrogen-bond acceptors (Lipinski definition) is 3. The van der Waals surface area contributed by atoms with Crippen molar-refractivity contribution in [2.24, 2.45) is 5.10 Å². The van der Waals surface area contributed by atoms with Crippen LogP contribution in [0.3, 0.4) is 0 Å². The maximum Gasteiger partial charge on any atom is 0.259 e. The fraction of sp³-hybridized carbons (Fsp3) is 0.0667. The second-order valence-electron chi connectivity index (χ2n) is 4.18. The highest BCUT2D eigenvalue weighted by Crippen LogP contribution is 2.09. The molecule has 0 saturated heterocycles. The van der Waals surface area contributed by atoms with Crippen molar-refractivity contribution >= 4 is 40.4 Å². The summed E-state index contributed by atoms with van der Waals surface area (Å²) in [6, 6.07) is 13.5. The highest BCUT2D eigenvalue weighted by molar-refractivity contribution is 14.1. The van der Waals surface area contributed by atoms with Gasteiger partial charge in [0.25, 0.3) is 5.91 Å². The average molecular weight is 397 g/mol. The first-order valence-electron chi connectivity index (χ1n) is 6.21. The first-order valence-corrected chi connectivity index (χ1v) is 7.29. The van der Waals surface area contributed by atoms with Crippen LogP contribution >= 0.6 is 22.6 Å². The fourth-order valence-corrected chi connectivity index (χ4v) is 2.07. The summed E-state index contributed by atoms with van der Waals surface area (Å²) < 4.78 is 13.8. The lowest BCUT2D eigenvalue weighted by atomic mass is 10.2. The first-order chi connectivity index (χ1) is 10.1. The molecular weight excluding hydrogens is 384 g/mol. The van der Waals surface area contributed by atoms with E-state index in [-0.39, 0.29) is 18.3 Å². The van der Waals surface area contributed by atoms with Crippen molar-refractivity contribution in [1.82, 2.24) is 5.43 Å². The summed E-state index contributed by atoms with van der Waals surface area (Å²) in [6.45, 7) is 0.0643. The summed E-state index contributed by atoms with van der Waals surface area (Å²) in [5.74, 6) is -0.589. The zero-order valence-electron chi connectivity index (χ0n) is 11.0. The lowest BCUT2D eigenvalue weighted by Gasteiger charge is -2.04. The number of anilines is 1. The van der Waals surface area contributed by atoms with Crippen molar-refractivity contribution in [3.8, 4) is 0 Å². The zero-order valence-corrected chi connectivity index (χ0v) is 13.2. The van der Waals surface area contributed by atoms with E-state index in [0.717, 1.165) is 9.13 Å². The average Bonchev–Trinajstić information content (AvgIpc) is 2.49. The van der Waals surface area contributed by atoms with Crippen LogP contribution < -0.4 is 10.7 Å². The van der Waals surface area contributed by atoms with Gasteiger partial charge in [-0.3, -0.25) is 4.79 Å². The Hall–Kier alpha value is -1.96. The van der Waals surface area contributed by atoms with Gasteiger partial charge in [0.2, 0.25) is 0 Å². The Morgan fingerprint density at radius 1 is 1.19 bits per heavy atom. The number of nitrogens with zero attached hydrogens (tertiary/aromatic N) is 1. The van der Waals surface area contributed by atoms with Crippen LogP contribution in [0, 0.1) is 9.39 Å². The minimum absolute atomic E-state index is 0.0643. The van der Waals surface area contributed by atoms with E-state index in [1.54, 1.807) is 18.3 Å². The molecule has 4 nitrogen and oxygen atoms in total. The smallest absolute Gasteiger partial charge is 0.259 e. The lowest BCUT2D eigenvalue weighted by molar-refractivity contribution is -0.119. The lowest BCUT2D eigenvalue weighted by Crippen LogP contribution is -2.25. The molecule has 0 fully saturated rings. The summed E-state index contributed by atoms with van der Waals surface area (Å²) in [6.07, 6.45) is 1.59. The Morgan fingerprint density at radius 2 is 1.90 bits per heavy atom. The number of amides is 1. The van der Waals surface area contributed by atoms with E-state index >= 15 is 0 Å². The van der Waals surface area contributed by atoms with Crippen LogP contribution in [0.15, 0.2) is 53.6 Å². The molecule has 0 aliphatic carbocycles. The van der Waals surface area contributed by atoms with Crippen molar-refractivity contribution in [2.45, 2.75) is 0 Å². The Kier molecular flexibility index (Phi) is 5.68. The van der Waals surface area contributed by atoms with E-state index in [1.807, 2.05) is 24.3 Å². The van der Waals surface area contributed by atoms with Crippen LogP contribution in [0.25, 0.3) is 0 Å². The van der Waals surface area contributed by atoms with Gasteiger partial charge in [0.1, 0.15) is 5.82 Å². The molecule has 2 rings (SSSR count). The molecule has 2 aromatic rings. The molecule has 1 amide bonds. The molecule has 0 aliphatic rings. The van der Waals surface area contributed by atoms with Crippen molar-refractivity contribution in [3.63, 3.8) is 0 Å². The second-order valence-corrected chi connectivity index (χ2v) is 5.34. The molecule has 0 aliphatic heterocycles.